The van der Waals surface area contributed by atoms with Gasteiger partial charge in [0.1, 0.15) is 0 Å². The fourth-order valence-electron chi connectivity index (χ4n) is 3.01. The molecule has 3 rings (SSSR count). The summed E-state index contributed by atoms with van der Waals surface area (Å²) in [6.07, 6.45) is 4.92. The summed E-state index contributed by atoms with van der Waals surface area (Å²) in [6.45, 7) is 0.851. The molecule has 1 aromatic carbocycles. The third-order valence-corrected chi connectivity index (χ3v) is 7.57. The van der Waals surface area contributed by atoms with Crippen molar-refractivity contribution < 1.29 is 32.2 Å². The van der Waals surface area contributed by atoms with Gasteiger partial charge in [-0.3, -0.25) is 9.59 Å². The van der Waals surface area contributed by atoms with Crippen LogP contribution in [0.5, 0.6) is 0 Å². The Hall–Kier alpha value is -1.90. The molecule has 182 valence electrons. The van der Waals surface area contributed by atoms with Gasteiger partial charge in [0.25, 0.3) is 11.5 Å². The monoisotopic (exact) mass is 549 g/mol. The van der Waals surface area contributed by atoms with Crippen LogP contribution in [-0.2, 0) is 30.4 Å². The molecule has 0 aliphatic carbocycles. The summed E-state index contributed by atoms with van der Waals surface area (Å²) in [6, 6.07) is 10.1. The fourth-order valence-corrected chi connectivity index (χ4v) is 4.05. The maximum absolute atomic E-state index is 12.6. The first-order valence-corrected chi connectivity index (χ1v) is 13.0. The van der Waals surface area contributed by atoms with Gasteiger partial charge >= 0.3 is 37.7 Å². The Balaban J connectivity index is 0.00000432. The van der Waals surface area contributed by atoms with E-state index in [0.717, 1.165) is 24.4 Å². The number of aryl methyl sites for hydroxylation is 1. The third-order valence-electron chi connectivity index (χ3n) is 5.23. The zero-order valence-corrected chi connectivity index (χ0v) is 22.6. The standard InChI is InChI=1S/C19H22N5O8PS.Ca/c1-19(34(2,30)31,18(26)22-32-33(27,28)29)8-12-23-11-7-15(13-17(23)25)14-3-5-16(6-4-14)24-20-9-10-21-24;/h3-7,9-11,13H,8,12H2,1-2H3,(H,22,26)(H2,27,28,29);/q;+2/p-2/t19-;/m1./s1. The van der Waals surface area contributed by atoms with E-state index in [2.05, 4.69) is 14.8 Å². The molecule has 0 aliphatic heterocycles. The Morgan fingerprint density at radius 1 is 1.14 bits per heavy atom. The van der Waals surface area contributed by atoms with Crippen molar-refractivity contribution in [1.82, 2.24) is 25.0 Å². The number of phosphoric acid groups is 1. The maximum Gasteiger partial charge on any atom is 2.00 e. The molecule has 1 N–H and O–H groups in total. The molecule has 0 bridgehead atoms. The predicted molar refractivity (Wildman–Crippen MR) is 122 cm³/mol. The Morgan fingerprint density at radius 2 is 1.74 bits per heavy atom. The van der Waals surface area contributed by atoms with Crippen molar-refractivity contribution in [2.45, 2.75) is 24.6 Å². The normalized spacial score (nSPS) is 13.5. The molecule has 0 saturated heterocycles. The Morgan fingerprint density at radius 3 is 2.26 bits per heavy atom. The quantitative estimate of drug-likeness (QED) is 0.193. The van der Waals surface area contributed by atoms with Crippen molar-refractivity contribution in [3.63, 3.8) is 0 Å². The van der Waals surface area contributed by atoms with Gasteiger partial charge in [0, 0.05) is 25.1 Å². The summed E-state index contributed by atoms with van der Waals surface area (Å²) in [5, 5.41) is 8.07. The number of nitrogens with zero attached hydrogens (tertiary/aromatic N) is 4. The minimum absolute atomic E-state index is 0. The first-order chi connectivity index (χ1) is 15.8. The van der Waals surface area contributed by atoms with Crippen LogP contribution >= 0.6 is 7.82 Å². The summed E-state index contributed by atoms with van der Waals surface area (Å²) >= 11 is 0. The molecule has 0 saturated carbocycles. The van der Waals surface area contributed by atoms with Crippen LogP contribution < -0.4 is 20.8 Å². The van der Waals surface area contributed by atoms with Crippen LogP contribution in [0.4, 0.5) is 0 Å². The summed E-state index contributed by atoms with van der Waals surface area (Å²) in [7, 11) is -9.67. The number of amides is 1. The van der Waals surface area contributed by atoms with Gasteiger partial charge in [0.05, 0.1) is 25.9 Å². The van der Waals surface area contributed by atoms with Crippen molar-refractivity contribution >= 4 is 61.3 Å². The molecule has 16 heteroatoms. The SMILES string of the molecule is C[C@@](CCn1ccc(-c2ccc(-n3nccn3)cc2)cc1=O)(C(=O)NOP(=O)([O-])[O-])S(C)(=O)=O.[Ca+2]. The Bertz CT molecular complexity index is 1390. The zero-order valence-electron chi connectivity index (χ0n) is 18.7. The predicted octanol–water partition coefficient (Wildman–Crippen LogP) is -1.21. The average molecular weight is 550 g/mol. The molecular formula is C19H20CaN5O8PS. The van der Waals surface area contributed by atoms with E-state index in [-0.39, 0.29) is 44.3 Å². The molecule has 3 aromatic rings. The first kappa shape index (κ1) is 29.3. The van der Waals surface area contributed by atoms with Crippen molar-refractivity contribution in [2.75, 3.05) is 6.26 Å². The van der Waals surface area contributed by atoms with Crippen LogP contribution in [0.15, 0.2) is 59.8 Å². The van der Waals surface area contributed by atoms with Gasteiger partial charge in [-0.2, -0.15) is 15.0 Å². The van der Waals surface area contributed by atoms with E-state index < -0.39 is 40.3 Å². The first-order valence-electron chi connectivity index (χ1n) is 9.68. The van der Waals surface area contributed by atoms with E-state index in [1.54, 1.807) is 42.7 Å². The second-order valence-corrected chi connectivity index (χ2v) is 11.1. The number of nitrogens with one attached hydrogen (secondary N) is 1. The Kier molecular flexibility index (Phi) is 9.59. The van der Waals surface area contributed by atoms with Crippen molar-refractivity contribution in [2.24, 2.45) is 0 Å². The van der Waals surface area contributed by atoms with Crippen LogP contribution in [-0.4, -0.2) is 82.6 Å². The van der Waals surface area contributed by atoms with Gasteiger partial charge in [0.15, 0.2) is 14.6 Å². The Labute approximate surface area is 230 Å². The molecule has 0 spiro atoms. The molecule has 1 atom stereocenters. The van der Waals surface area contributed by atoms with E-state index in [1.807, 2.05) is 0 Å². The molecule has 0 radical (unpaired) electrons. The topological polar surface area (TPSA) is 188 Å². The maximum atomic E-state index is 12.6. The number of hydroxylamine groups is 1. The summed E-state index contributed by atoms with van der Waals surface area (Å²) in [4.78, 5) is 47.5. The summed E-state index contributed by atoms with van der Waals surface area (Å²) < 4.78 is 37.8. The van der Waals surface area contributed by atoms with E-state index >= 15 is 0 Å². The van der Waals surface area contributed by atoms with Gasteiger partial charge in [0.2, 0.25) is 0 Å². The van der Waals surface area contributed by atoms with E-state index in [4.69, 9.17) is 0 Å². The van der Waals surface area contributed by atoms with Crippen LogP contribution in [0.25, 0.3) is 16.8 Å². The molecule has 1 amide bonds. The van der Waals surface area contributed by atoms with Gasteiger partial charge < -0.3 is 18.9 Å². The number of hydrogen-bond donors (Lipinski definition) is 1. The van der Waals surface area contributed by atoms with Crippen molar-refractivity contribution in [3.05, 3.63) is 65.3 Å². The van der Waals surface area contributed by atoms with Crippen molar-refractivity contribution in [3.8, 4) is 16.8 Å². The van der Waals surface area contributed by atoms with Crippen LogP contribution in [0.3, 0.4) is 0 Å². The number of carbonyl (C=O) groups is 1. The van der Waals surface area contributed by atoms with Gasteiger partial charge in [-0.25, -0.2) is 18.5 Å². The minimum atomic E-state index is -5.57. The number of hydrogen-bond acceptors (Lipinski definition) is 10. The number of carbonyl (C=O) groups excluding carboxylic acids is 1. The molecule has 0 unspecified atom stereocenters. The van der Waals surface area contributed by atoms with Gasteiger partial charge in [-0.1, -0.05) is 12.1 Å². The molecule has 13 nitrogen and oxygen atoms in total. The smallest absolute Gasteiger partial charge is 0.788 e. The largest absolute Gasteiger partial charge is 2.00 e. The molecule has 0 aliphatic rings. The van der Waals surface area contributed by atoms with Crippen LogP contribution in [0, 0.1) is 0 Å². The second-order valence-electron chi connectivity index (χ2n) is 7.54. The van der Waals surface area contributed by atoms with Crippen LogP contribution in [0.2, 0.25) is 0 Å². The number of benzene rings is 1. The van der Waals surface area contributed by atoms with Gasteiger partial charge in [-0.15, -0.1) is 0 Å². The third kappa shape index (κ3) is 7.30. The van der Waals surface area contributed by atoms with E-state index in [1.165, 1.54) is 27.1 Å². The molecule has 35 heavy (non-hydrogen) atoms. The number of rotatable bonds is 9. The average Bonchev–Trinajstić information content (AvgIpc) is 3.30. The van der Waals surface area contributed by atoms with Crippen molar-refractivity contribution in [1.29, 1.82) is 0 Å². The molecule has 2 aromatic heterocycles. The van der Waals surface area contributed by atoms with Gasteiger partial charge in [-0.05, 0) is 42.7 Å². The number of aromatic nitrogens is 4. The zero-order chi connectivity index (χ0) is 25.1. The number of pyridine rings is 1. The van der Waals surface area contributed by atoms with E-state index in [9.17, 15) is 32.4 Å². The molecule has 2 heterocycles. The molecular weight excluding hydrogens is 529 g/mol. The second kappa shape index (κ2) is 11.4. The van der Waals surface area contributed by atoms with Crippen LogP contribution in [0.1, 0.15) is 13.3 Å². The minimum Gasteiger partial charge on any atom is -0.788 e. The molecule has 0 fully saturated rings. The fraction of sp³-hybridized carbons (Fsp3) is 0.263. The summed E-state index contributed by atoms with van der Waals surface area (Å²) in [5.41, 5.74) is 3.00. The number of sulfone groups is 1. The summed E-state index contributed by atoms with van der Waals surface area (Å²) in [5.74, 6) is -1.35. The van der Waals surface area contributed by atoms with E-state index in [0.29, 0.717) is 5.56 Å².